The average Bonchev–Trinajstić information content (AvgIpc) is 3.49. The van der Waals surface area contributed by atoms with Crippen molar-refractivity contribution in [2.45, 2.75) is 93.7 Å². The van der Waals surface area contributed by atoms with E-state index in [9.17, 15) is 9.18 Å². The Balaban J connectivity index is 0.000000247. The van der Waals surface area contributed by atoms with Crippen LogP contribution in [0.25, 0.3) is 5.65 Å². The Kier molecular flexibility index (Phi) is 12.1. The van der Waals surface area contributed by atoms with Gasteiger partial charge in [0.2, 0.25) is 5.91 Å². The molecule has 2 unspecified atom stereocenters. The summed E-state index contributed by atoms with van der Waals surface area (Å²) >= 11 is 0. The van der Waals surface area contributed by atoms with Gasteiger partial charge in [-0.1, -0.05) is 41.0 Å². The molecule has 0 aliphatic carbocycles. The van der Waals surface area contributed by atoms with Crippen LogP contribution >= 0.6 is 0 Å². The summed E-state index contributed by atoms with van der Waals surface area (Å²) in [5.74, 6) is 1.41. The number of carbonyl (C=O) groups is 1. The van der Waals surface area contributed by atoms with Crippen LogP contribution in [0.3, 0.4) is 0 Å². The zero-order valence-corrected chi connectivity index (χ0v) is 24.7. The minimum absolute atomic E-state index is 0.0791. The summed E-state index contributed by atoms with van der Waals surface area (Å²) in [5, 5.41) is 7.69. The maximum Gasteiger partial charge on any atom is 0.225 e. The number of hydrogen-bond donors (Lipinski definition) is 1. The number of amides is 1. The molecule has 1 saturated heterocycles. The molecule has 210 valence electrons. The lowest BCUT2D eigenvalue weighted by atomic mass is 10.1. The van der Waals surface area contributed by atoms with Crippen molar-refractivity contribution in [3.05, 3.63) is 47.3 Å². The molecule has 0 spiro atoms. The third kappa shape index (κ3) is 7.49. The molecule has 1 amide bonds. The number of carbonyl (C=O) groups excluding carboxylic acids is 1. The molecule has 1 fully saturated rings. The van der Waals surface area contributed by atoms with Crippen molar-refractivity contribution in [3.8, 4) is 0 Å². The Bertz CT molecular complexity index is 1170. The molecule has 1 N–H and O–H groups in total. The maximum absolute atomic E-state index is 13.4. The largest absolute Gasteiger partial charge is 0.368 e. The number of nitrogens with one attached hydrogen (secondary N) is 1. The highest BCUT2D eigenvalue weighted by atomic mass is 19.1. The minimum Gasteiger partial charge on any atom is -0.368 e. The third-order valence-corrected chi connectivity index (χ3v) is 6.25. The van der Waals surface area contributed by atoms with E-state index in [1.807, 2.05) is 40.8 Å². The molecule has 2 atom stereocenters. The summed E-state index contributed by atoms with van der Waals surface area (Å²) in [5.41, 5.74) is 3.74. The van der Waals surface area contributed by atoms with Crippen molar-refractivity contribution in [1.82, 2.24) is 24.9 Å². The molecule has 2 aliphatic heterocycles. The number of anilines is 2. The first-order valence-corrected chi connectivity index (χ1v) is 14.0. The SMILES string of the molecule is CC.CC.CC(=O)N1CCc2c(N3CC(C)NC(C)C3)ccnc21.CCCc1cn2nc(C)nc2cc1F. The molecule has 0 radical (unpaired) electrons. The molecule has 38 heavy (non-hydrogen) atoms. The first-order valence-electron chi connectivity index (χ1n) is 14.0. The van der Waals surface area contributed by atoms with Gasteiger partial charge in [0.1, 0.15) is 17.5 Å². The van der Waals surface area contributed by atoms with E-state index >= 15 is 0 Å². The smallest absolute Gasteiger partial charge is 0.225 e. The van der Waals surface area contributed by atoms with E-state index in [4.69, 9.17) is 0 Å². The van der Waals surface area contributed by atoms with Crippen molar-refractivity contribution in [2.75, 3.05) is 29.4 Å². The summed E-state index contributed by atoms with van der Waals surface area (Å²) in [7, 11) is 0. The summed E-state index contributed by atoms with van der Waals surface area (Å²) < 4.78 is 15.1. The molecule has 5 rings (SSSR count). The van der Waals surface area contributed by atoms with Crippen LogP contribution in [0.4, 0.5) is 15.9 Å². The van der Waals surface area contributed by atoms with Crippen molar-refractivity contribution in [2.24, 2.45) is 0 Å². The summed E-state index contributed by atoms with van der Waals surface area (Å²) in [4.78, 5) is 24.4. The quantitative estimate of drug-likeness (QED) is 0.494. The van der Waals surface area contributed by atoms with Crippen LogP contribution in [0.1, 0.15) is 78.8 Å². The molecular weight excluding hydrogens is 481 g/mol. The van der Waals surface area contributed by atoms with E-state index in [0.717, 1.165) is 44.7 Å². The lowest BCUT2D eigenvalue weighted by Gasteiger charge is -2.38. The highest BCUT2D eigenvalue weighted by Gasteiger charge is 2.29. The van der Waals surface area contributed by atoms with Gasteiger partial charge in [0.15, 0.2) is 5.65 Å². The normalized spacial score (nSPS) is 17.9. The first-order chi connectivity index (χ1) is 18.3. The van der Waals surface area contributed by atoms with Gasteiger partial charge in [-0.25, -0.2) is 18.9 Å². The van der Waals surface area contributed by atoms with Crippen LogP contribution < -0.4 is 15.1 Å². The molecule has 3 aromatic rings. The van der Waals surface area contributed by atoms with Gasteiger partial charge in [-0.3, -0.25) is 9.69 Å². The number of hydrogen-bond acceptors (Lipinski definition) is 6. The van der Waals surface area contributed by atoms with E-state index < -0.39 is 0 Å². The predicted molar refractivity (Wildman–Crippen MR) is 155 cm³/mol. The fourth-order valence-corrected chi connectivity index (χ4v) is 4.91. The van der Waals surface area contributed by atoms with Gasteiger partial charge in [0.05, 0.1) is 0 Å². The van der Waals surface area contributed by atoms with Gasteiger partial charge in [0.25, 0.3) is 0 Å². The number of piperazine rings is 1. The second-order valence-electron chi connectivity index (χ2n) is 9.29. The number of halogens is 1. The number of rotatable bonds is 3. The Labute approximate surface area is 227 Å². The van der Waals surface area contributed by atoms with Crippen LogP contribution in [0.2, 0.25) is 0 Å². The van der Waals surface area contributed by atoms with Crippen LogP contribution in [0.15, 0.2) is 24.5 Å². The van der Waals surface area contributed by atoms with Crippen molar-refractivity contribution < 1.29 is 9.18 Å². The van der Waals surface area contributed by atoms with Gasteiger partial charge >= 0.3 is 0 Å². The minimum atomic E-state index is -0.188. The lowest BCUT2D eigenvalue weighted by Crippen LogP contribution is -2.54. The van der Waals surface area contributed by atoms with E-state index in [-0.39, 0.29) is 11.7 Å². The van der Waals surface area contributed by atoms with Gasteiger partial charge in [-0.2, -0.15) is 5.10 Å². The third-order valence-electron chi connectivity index (χ3n) is 6.25. The number of pyridine rings is 2. The fraction of sp³-hybridized carbons (Fsp3) is 0.586. The van der Waals surface area contributed by atoms with E-state index in [2.05, 4.69) is 45.2 Å². The zero-order valence-electron chi connectivity index (χ0n) is 24.7. The molecule has 9 heteroatoms. The topological polar surface area (TPSA) is 78.7 Å². The number of fused-ring (bicyclic) bond motifs is 2. The highest BCUT2D eigenvalue weighted by Crippen LogP contribution is 2.34. The number of aromatic nitrogens is 4. The highest BCUT2D eigenvalue weighted by molar-refractivity contribution is 5.93. The van der Waals surface area contributed by atoms with Gasteiger partial charge in [-0.05, 0) is 39.7 Å². The van der Waals surface area contributed by atoms with Gasteiger partial charge in [-0.15, -0.1) is 0 Å². The second kappa shape index (κ2) is 14.8. The Morgan fingerprint density at radius 2 is 1.82 bits per heavy atom. The number of aryl methyl sites for hydroxylation is 2. The average molecular weight is 528 g/mol. The van der Waals surface area contributed by atoms with Crippen molar-refractivity contribution >= 4 is 23.1 Å². The standard InChI is InChI=1S/C15H22N4O.C10H12FN3.2C2H6/c1-10-8-18(9-11(2)17-10)14-4-6-16-15-13(14)5-7-19(15)12(3)20;1-3-4-8-6-14-10(5-9(8)11)12-7(2)13-14;2*1-2/h4,6,10-11,17H,5,7-9H2,1-3H3;5-6H,3-4H2,1-2H3;2*1-2H3. The summed E-state index contributed by atoms with van der Waals surface area (Å²) in [6, 6.07) is 4.49. The van der Waals surface area contributed by atoms with E-state index in [1.165, 1.54) is 17.3 Å². The molecule has 0 aromatic carbocycles. The lowest BCUT2D eigenvalue weighted by molar-refractivity contribution is -0.116. The Morgan fingerprint density at radius 1 is 1.16 bits per heavy atom. The van der Waals surface area contributed by atoms with Crippen LogP contribution in [-0.2, 0) is 17.6 Å². The molecule has 0 bridgehead atoms. The predicted octanol–water partition coefficient (Wildman–Crippen LogP) is 5.36. The van der Waals surface area contributed by atoms with E-state index in [0.29, 0.717) is 29.1 Å². The van der Waals surface area contributed by atoms with Gasteiger partial charge in [0, 0.05) is 73.9 Å². The fourth-order valence-electron chi connectivity index (χ4n) is 4.91. The molecule has 0 saturated carbocycles. The van der Waals surface area contributed by atoms with Crippen LogP contribution in [-0.4, -0.2) is 57.2 Å². The second-order valence-corrected chi connectivity index (χ2v) is 9.29. The summed E-state index contributed by atoms with van der Waals surface area (Å²) in [6.07, 6.45) is 6.11. The van der Waals surface area contributed by atoms with Crippen molar-refractivity contribution in [3.63, 3.8) is 0 Å². The Hall–Kier alpha value is -3.07. The molecule has 3 aromatic heterocycles. The van der Waals surface area contributed by atoms with E-state index in [1.54, 1.807) is 29.5 Å². The molecule has 2 aliphatic rings. The Morgan fingerprint density at radius 3 is 2.42 bits per heavy atom. The monoisotopic (exact) mass is 527 g/mol. The van der Waals surface area contributed by atoms with Crippen LogP contribution in [0.5, 0.6) is 0 Å². The molecule has 5 heterocycles. The zero-order chi connectivity index (χ0) is 28.4. The van der Waals surface area contributed by atoms with Crippen LogP contribution in [0, 0.1) is 12.7 Å². The number of nitrogens with zero attached hydrogens (tertiary/aromatic N) is 6. The summed E-state index contributed by atoms with van der Waals surface area (Å²) in [6.45, 7) is 20.6. The van der Waals surface area contributed by atoms with Crippen molar-refractivity contribution in [1.29, 1.82) is 0 Å². The molecular formula is C29H46FN7O. The maximum atomic E-state index is 13.4. The van der Waals surface area contributed by atoms with Gasteiger partial charge < -0.3 is 10.2 Å². The first kappa shape index (κ1) is 31.1. The molecule has 8 nitrogen and oxygen atoms in total.